The Morgan fingerprint density at radius 3 is 3.10 bits per heavy atom. The molecule has 0 amide bonds. The molecule has 0 spiro atoms. The van der Waals surface area contributed by atoms with E-state index in [1.165, 1.54) is 19.4 Å². The number of nitrogen functional groups attached to an aromatic ring is 1. The van der Waals surface area contributed by atoms with Gasteiger partial charge in [0, 0.05) is 12.6 Å². The van der Waals surface area contributed by atoms with Crippen LogP contribution in [0.15, 0.2) is 11.4 Å². The van der Waals surface area contributed by atoms with Gasteiger partial charge < -0.3 is 10.3 Å². The first-order valence-electron chi connectivity index (χ1n) is 7.27. The number of hydrogen-bond acceptors (Lipinski definition) is 7. The maximum atomic E-state index is 5.57. The summed E-state index contributed by atoms with van der Waals surface area (Å²) < 4.78 is 0. The van der Waals surface area contributed by atoms with Crippen molar-refractivity contribution >= 4 is 27.4 Å². The molecule has 7 heteroatoms. The topological polar surface area (TPSA) is 70.3 Å². The van der Waals surface area contributed by atoms with Crippen molar-refractivity contribution in [2.24, 2.45) is 5.84 Å². The Morgan fingerprint density at radius 1 is 1.52 bits per heavy atom. The van der Waals surface area contributed by atoms with Gasteiger partial charge in [-0.15, -0.1) is 11.3 Å². The van der Waals surface area contributed by atoms with E-state index in [1.54, 1.807) is 11.3 Å². The van der Waals surface area contributed by atoms with E-state index < -0.39 is 0 Å². The molecule has 1 aliphatic heterocycles. The number of fused-ring (bicyclic) bond motifs is 1. The largest absolute Gasteiger partial charge is 0.308 e. The number of rotatable bonds is 5. The zero-order valence-corrected chi connectivity index (χ0v) is 13.4. The van der Waals surface area contributed by atoms with E-state index in [-0.39, 0.29) is 0 Å². The van der Waals surface area contributed by atoms with Gasteiger partial charge in [0.1, 0.15) is 10.7 Å². The third-order valence-corrected chi connectivity index (χ3v) is 4.92. The summed E-state index contributed by atoms with van der Waals surface area (Å²) in [4.78, 5) is 14.9. The molecule has 1 fully saturated rings. The molecule has 1 saturated heterocycles. The first-order chi connectivity index (χ1) is 10.2. The summed E-state index contributed by atoms with van der Waals surface area (Å²) in [5.74, 6) is 7.10. The predicted molar refractivity (Wildman–Crippen MR) is 87.2 cm³/mol. The number of nitrogens with two attached hydrogens (primary N) is 1. The van der Waals surface area contributed by atoms with Gasteiger partial charge in [-0.3, -0.25) is 4.90 Å². The summed E-state index contributed by atoms with van der Waals surface area (Å²) in [5.41, 5.74) is 2.68. The summed E-state index contributed by atoms with van der Waals surface area (Å²) in [6.07, 6.45) is 2.58. The zero-order valence-electron chi connectivity index (χ0n) is 12.5. The number of nitrogens with one attached hydrogen (secondary N) is 1. The molecular formula is C14H22N6S. The molecule has 0 aromatic carbocycles. The van der Waals surface area contributed by atoms with Gasteiger partial charge >= 0.3 is 0 Å². The number of thiophene rings is 1. The summed E-state index contributed by atoms with van der Waals surface area (Å²) in [6, 6.07) is 2.64. The molecule has 114 valence electrons. The molecule has 0 aliphatic carbocycles. The van der Waals surface area contributed by atoms with Gasteiger partial charge in [-0.2, -0.15) is 0 Å². The first kappa shape index (κ1) is 14.6. The highest BCUT2D eigenvalue weighted by Crippen LogP contribution is 2.24. The van der Waals surface area contributed by atoms with Crippen LogP contribution in [0.4, 0.5) is 5.82 Å². The van der Waals surface area contributed by atoms with E-state index in [4.69, 9.17) is 5.84 Å². The smallest absolute Gasteiger partial charge is 0.152 e. The lowest BCUT2D eigenvalue weighted by atomic mass is 10.2. The number of hydrazine groups is 1. The molecule has 0 radical (unpaired) electrons. The van der Waals surface area contributed by atoms with Crippen molar-refractivity contribution in [1.82, 2.24) is 19.8 Å². The average Bonchev–Trinajstić information content (AvgIpc) is 3.07. The van der Waals surface area contributed by atoms with E-state index >= 15 is 0 Å². The Balaban J connectivity index is 1.71. The molecule has 6 nitrogen and oxygen atoms in total. The van der Waals surface area contributed by atoms with Gasteiger partial charge in [-0.05, 0) is 44.9 Å². The fourth-order valence-electron chi connectivity index (χ4n) is 2.96. The fourth-order valence-corrected chi connectivity index (χ4v) is 3.74. The maximum Gasteiger partial charge on any atom is 0.152 e. The normalized spacial score (nSPS) is 19.7. The minimum Gasteiger partial charge on any atom is -0.308 e. The molecule has 1 aliphatic rings. The molecule has 2 aromatic rings. The van der Waals surface area contributed by atoms with Gasteiger partial charge in [-0.25, -0.2) is 15.8 Å². The van der Waals surface area contributed by atoms with Crippen molar-refractivity contribution in [3.05, 3.63) is 17.3 Å². The highest BCUT2D eigenvalue weighted by molar-refractivity contribution is 7.16. The van der Waals surface area contributed by atoms with E-state index in [9.17, 15) is 0 Å². The van der Waals surface area contributed by atoms with Gasteiger partial charge in [0.05, 0.1) is 11.9 Å². The number of nitrogens with zero attached hydrogens (tertiary/aromatic N) is 4. The maximum absolute atomic E-state index is 5.57. The molecule has 21 heavy (non-hydrogen) atoms. The summed E-state index contributed by atoms with van der Waals surface area (Å²) in [5, 5.41) is 3.01. The summed E-state index contributed by atoms with van der Waals surface area (Å²) in [7, 11) is 4.33. The molecule has 1 atom stereocenters. The van der Waals surface area contributed by atoms with Crippen LogP contribution in [0.2, 0.25) is 0 Å². The van der Waals surface area contributed by atoms with Crippen LogP contribution in [-0.4, -0.2) is 53.0 Å². The van der Waals surface area contributed by atoms with Crippen molar-refractivity contribution < 1.29 is 0 Å². The molecular weight excluding hydrogens is 284 g/mol. The van der Waals surface area contributed by atoms with Crippen LogP contribution >= 0.6 is 11.3 Å². The minimum atomic E-state index is 0.646. The molecule has 3 rings (SSSR count). The lowest BCUT2D eigenvalue weighted by Gasteiger charge is -2.25. The Bertz CT molecular complexity index is 613. The van der Waals surface area contributed by atoms with Crippen LogP contribution < -0.4 is 11.3 Å². The van der Waals surface area contributed by atoms with Crippen molar-refractivity contribution in [3.63, 3.8) is 0 Å². The lowest BCUT2D eigenvalue weighted by molar-refractivity contribution is 0.213. The third-order valence-electron chi connectivity index (χ3n) is 4.11. The second kappa shape index (κ2) is 6.23. The highest BCUT2D eigenvalue weighted by Gasteiger charge is 2.22. The highest BCUT2D eigenvalue weighted by atomic mass is 32.1. The first-order valence-corrected chi connectivity index (χ1v) is 8.15. The molecule has 0 saturated carbocycles. The number of likely N-dealkylation sites (tertiary alicyclic amines) is 1. The van der Waals surface area contributed by atoms with Crippen LogP contribution in [0.1, 0.15) is 18.7 Å². The molecule has 1 unspecified atom stereocenters. The predicted octanol–water partition coefficient (Wildman–Crippen LogP) is 1.50. The van der Waals surface area contributed by atoms with E-state index in [0.29, 0.717) is 11.9 Å². The Hall–Kier alpha value is -1.28. The fraction of sp³-hybridized carbons (Fsp3) is 0.571. The zero-order chi connectivity index (χ0) is 14.8. The summed E-state index contributed by atoms with van der Waals surface area (Å²) in [6.45, 7) is 3.00. The van der Waals surface area contributed by atoms with Crippen LogP contribution in [0.25, 0.3) is 10.2 Å². The quantitative estimate of drug-likeness (QED) is 0.644. The Kier molecular flexibility index (Phi) is 4.34. The lowest BCUT2D eigenvalue weighted by Crippen LogP contribution is -2.36. The van der Waals surface area contributed by atoms with Gasteiger partial charge in [0.15, 0.2) is 5.82 Å². The Labute approximate surface area is 128 Å². The second-order valence-corrected chi connectivity index (χ2v) is 6.64. The number of anilines is 1. The number of likely N-dealkylation sites (N-methyl/N-ethyl adjacent to an activating group) is 2. The van der Waals surface area contributed by atoms with Crippen LogP contribution in [0, 0.1) is 0 Å². The van der Waals surface area contributed by atoms with Gasteiger partial charge in [0.25, 0.3) is 0 Å². The molecule has 2 aromatic heterocycles. The standard InChI is InChI=1S/C14H22N6S/c1-19(8-10-4-3-6-20(10)2)9-12-16-13(18-15)11-5-7-21-14(11)17-12/h5,7,10H,3-4,6,8-9,15H2,1-2H3,(H,16,17,18). The second-order valence-electron chi connectivity index (χ2n) is 5.75. The minimum absolute atomic E-state index is 0.646. The van der Waals surface area contributed by atoms with Crippen molar-refractivity contribution in [1.29, 1.82) is 0 Å². The monoisotopic (exact) mass is 306 g/mol. The van der Waals surface area contributed by atoms with Gasteiger partial charge in [-0.1, -0.05) is 0 Å². The van der Waals surface area contributed by atoms with E-state index in [0.717, 1.165) is 29.1 Å². The average molecular weight is 306 g/mol. The third kappa shape index (κ3) is 3.16. The number of aromatic nitrogens is 2. The van der Waals surface area contributed by atoms with Crippen molar-refractivity contribution in [2.45, 2.75) is 25.4 Å². The molecule has 3 heterocycles. The van der Waals surface area contributed by atoms with Crippen LogP contribution in [0.3, 0.4) is 0 Å². The van der Waals surface area contributed by atoms with Crippen molar-refractivity contribution in [3.8, 4) is 0 Å². The van der Waals surface area contributed by atoms with Gasteiger partial charge in [0.2, 0.25) is 0 Å². The SMILES string of the molecule is CN(Cc1nc(NN)c2ccsc2n1)CC1CCCN1C. The summed E-state index contributed by atoms with van der Waals surface area (Å²) >= 11 is 1.62. The Morgan fingerprint density at radius 2 is 2.38 bits per heavy atom. The van der Waals surface area contributed by atoms with E-state index in [2.05, 4.69) is 39.3 Å². The van der Waals surface area contributed by atoms with Crippen molar-refractivity contribution in [2.75, 3.05) is 32.6 Å². The van der Waals surface area contributed by atoms with Crippen LogP contribution in [0.5, 0.6) is 0 Å². The van der Waals surface area contributed by atoms with Crippen LogP contribution in [-0.2, 0) is 6.54 Å². The number of hydrogen-bond donors (Lipinski definition) is 2. The molecule has 3 N–H and O–H groups in total. The van der Waals surface area contributed by atoms with E-state index in [1.807, 2.05) is 11.4 Å². The molecule has 0 bridgehead atoms.